The number of hydrogen-bond donors (Lipinski definition) is 1. The maximum atomic E-state index is 12.6. The molecule has 1 amide bonds. The van der Waals surface area contributed by atoms with Gasteiger partial charge in [0.1, 0.15) is 29.7 Å². The lowest BCUT2D eigenvalue weighted by Gasteiger charge is -2.11. The number of hydrogen-bond acceptors (Lipinski definition) is 4. The van der Waals surface area contributed by atoms with Crippen LogP contribution in [0.3, 0.4) is 0 Å². The van der Waals surface area contributed by atoms with E-state index in [9.17, 15) is 10.1 Å². The fraction of sp³-hybridized carbons (Fsp3) is 0.0833. The van der Waals surface area contributed by atoms with E-state index >= 15 is 0 Å². The third-order valence-corrected chi connectivity index (χ3v) is 4.72. The number of carbonyl (C=O) groups is 1. The minimum atomic E-state index is -0.503. The van der Waals surface area contributed by atoms with E-state index < -0.39 is 5.91 Å². The van der Waals surface area contributed by atoms with Crippen LogP contribution in [-0.2, 0) is 11.4 Å². The summed E-state index contributed by atoms with van der Waals surface area (Å²) in [4.78, 5) is 12.6. The molecule has 30 heavy (non-hydrogen) atoms. The predicted molar refractivity (Wildman–Crippen MR) is 120 cm³/mol. The van der Waals surface area contributed by atoms with Gasteiger partial charge in [0, 0.05) is 15.7 Å². The molecule has 0 spiro atoms. The van der Waals surface area contributed by atoms with Crippen LogP contribution in [0.15, 0.2) is 82.8 Å². The third kappa shape index (κ3) is 5.72. The molecule has 0 aliphatic carbocycles. The van der Waals surface area contributed by atoms with E-state index in [2.05, 4.69) is 21.2 Å². The lowest BCUT2D eigenvalue weighted by molar-refractivity contribution is -0.112. The quantitative estimate of drug-likeness (QED) is 0.367. The van der Waals surface area contributed by atoms with Crippen molar-refractivity contribution >= 4 is 33.6 Å². The second-order valence-electron chi connectivity index (χ2n) is 6.31. The van der Waals surface area contributed by atoms with E-state index in [4.69, 9.17) is 9.47 Å². The summed E-state index contributed by atoms with van der Waals surface area (Å²) < 4.78 is 11.8. The van der Waals surface area contributed by atoms with Crippen molar-refractivity contribution in [1.82, 2.24) is 0 Å². The van der Waals surface area contributed by atoms with E-state index in [1.54, 1.807) is 43.5 Å². The molecule has 0 unspecified atom stereocenters. The molecule has 6 heteroatoms. The maximum Gasteiger partial charge on any atom is 0.266 e. The Kier molecular flexibility index (Phi) is 7.25. The monoisotopic (exact) mass is 462 g/mol. The summed E-state index contributed by atoms with van der Waals surface area (Å²) in [6.45, 7) is 0.378. The van der Waals surface area contributed by atoms with Gasteiger partial charge in [-0.15, -0.1) is 0 Å². The Hall–Kier alpha value is -3.56. The second kappa shape index (κ2) is 10.3. The molecule has 0 atom stereocenters. The molecular formula is C24H19BrN2O3. The Morgan fingerprint density at radius 3 is 2.50 bits per heavy atom. The molecule has 0 heterocycles. The van der Waals surface area contributed by atoms with E-state index in [1.165, 1.54) is 6.08 Å². The van der Waals surface area contributed by atoms with Crippen LogP contribution in [-0.4, -0.2) is 13.0 Å². The molecule has 0 radical (unpaired) electrons. The van der Waals surface area contributed by atoms with Gasteiger partial charge >= 0.3 is 0 Å². The molecule has 0 saturated carbocycles. The maximum absolute atomic E-state index is 12.6. The van der Waals surface area contributed by atoms with Gasteiger partial charge in [0.25, 0.3) is 5.91 Å². The Bertz CT molecular complexity index is 1090. The van der Waals surface area contributed by atoms with Crippen molar-refractivity contribution in [1.29, 1.82) is 5.26 Å². The minimum absolute atomic E-state index is 0.0338. The Balaban J connectivity index is 1.80. The average molecular weight is 463 g/mol. The van der Waals surface area contributed by atoms with Crippen LogP contribution in [0, 0.1) is 11.3 Å². The van der Waals surface area contributed by atoms with Crippen LogP contribution in [0.2, 0.25) is 0 Å². The first-order chi connectivity index (χ1) is 14.6. The van der Waals surface area contributed by atoms with Crippen LogP contribution in [0.5, 0.6) is 11.5 Å². The van der Waals surface area contributed by atoms with Gasteiger partial charge in [0.05, 0.1) is 7.11 Å². The van der Waals surface area contributed by atoms with Crippen LogP contribution in [0.1, 0.15) is 11.1 Å². The predicted octanol–water partition coefficient (Wildman–Crippen LogP) is 5.58. The van der Waals surface area contributed by atoms with Gasteiger partial charge in [0.15, 0.2) is 0 Å². The summed E-state index contributed by atoms with van der Waals surface area (Å²) >= 11 is 3.43. The minimum Gasteiger partial charge on any atom is -0.497 e. The van der Waals surface area contributed by atoms with Gasteiger partial charge in [-0.3, -0.25) is 4.79 Å². The number of methoxy groups -OCH3 is 1. The first-order valence-corrected chi connectivity index (χ1v) is 9.92. The normalized spacial score (nSPS) is 10.8. The second-order valence-corrected chi connectivity index (χ2v) is 7.22. The van der Waals surface area contributed by atoms with Crippen LogP contribution < -0.4 is 14.8 Å². The highest BCUT2D eigenvalue weighted by Crippen LogP contribution is 2.27. The summed E-state index contributed by atoms with van der Waals surface area (Å²) in [5, 5.41) is 12.3. The van der Waals surface area contributed by atoms with Gasteiger partial charge in [0.2, 0.25) is 0 Å². The molecular weight excluding hydrogens is 444 g/mol. The summed E-state index contributed by atoms with van der Waals surface area (Å²) in [6.07, 6.45) is 1.52. The molecule has 3 aromatic rings. The summed E-state index contributed by atoms with van der Waals surface area (Å²) in [5.74, 6) is 0.752. The van der Waals surface area contributed by atoms with Gasteiger partial charge in [-0.05, 0) is 54.1 Å². The zero-order valence-electron chi connectivity index (χ0n) is 16.3. The molecule has 3 rings (SSSR count). The third-order valence-electron chi connectivity index (χ3n) is 4.22. The van der Waals surface area contributed by atoms with Gasteiger partial charge in [-0.1, -0.05) is 46.3 Å². The number of ether oxygens (including phenoxy) is 2. The summed E-state index contributed by atoms with van der Waals surface area (Å²) in [5.41, 5.74) is 2.18. The first kappa shape index (κ1) is 21.2. The van der Waals surface area contributed by atoms with E-state index in [1.807, 2.05) is 42.5 Å². The molecule has 0 aromatic heterocycles. The molecule has 0 fully saturated rings. The number of nitrogens with one attached hydrogen (secondary N) is 1. The summed E-state index contributed by atoms with van der Waals surface area (Å²) in [7, 11) is 1.57. The Morgan fingerprint density at radius 2 is 1.83 bits per heavy atom. The number of nitriles is 1. The fourth-order valence-electron chi connectivity index (χ4n) is 2.68. The van der Waals surface area contributed by atoms with Crippen molar-refractivity contribution < 1.29 is 14.3 Å². The van der Waals surface area contributed by atoms with Crippen LogP contribution in [0.4, 0.5) is 5.69 Å². The molecule has 1 N–H and O–H groups in total. The average Bonchev–Trinajstić information content (AvgIpc) is 2.78. The van der Waals surface area contributed by atoms with Gasteiger partial charge in [-0.25, -0.2) is 0 Å². The highest BCUT2D eigenvalue weighted by atomic mass is 79.9. The lowest BCUT2D eigenvalue weighted by Crippen LogP contribution is -2.13. The molecule has 0 aliphatic rings. The van der Waals surface area contributed by atoms with Crippen molar-refractivity contribution in [3.63, 3.8) is 0 Å². The highest BCUT2D eigenvalue weighted by Gasteiger charge is 2.12. The van der Waals surface area contributed by atoms with Crippen LogP contribution in [0.25, 0.3) is 6.08 Å². The number of benzene rings is 3. The topological polar surface area (TPSA) is 71.3 Å². The molecule has 3 aromatic carbocycles. The number of halogens is 1. The van der Waals surface area contributed by atoms with E-state index in [0.29, 0.717) is 29.4 Å². The van der Waals surface area contributed by atoms with E-state index in [-0.39, 0.29) is 5.57 Å². The first-order valence-electron chi connectivity index (χ1n) is 9.12. The largest absolute Gasteiger partial charge is 0.497 e. The Morgan fingerprint density at radius 1 is 1.10 bits per heavy atom. The molecule has 5 nitrogen and oxygen atoms in total. The number of carbonyl (C=O) groups excluding carboxylic acids is 1. The smallest absolute Gasteiger partial charge is 0.266 e. The van der Waals surface area contributed by atoms with E-state index in [0.717, 1.165) is 10.0 Å². The lowest BCUT2D eigenvalue weighted by atomic mass is 10.1. The molecule has 0 saturated heterocycles. The van der Waals surface area contributed by atoms with Crippen LogP contribution >= 0.6 is 15.9 Å². The number of rotatable bonds is 7. The van der Waals surface area contributed by atoms with Crippen molar-refractivity contribution in [2.45, 2.75) is 6.61 Å². The molecule has 0 bridgehead atoms. The van der Waals surface area contributed by atoms with Gasteiger partial charge < -0.3 is 14.8 Å². The van der Waals surface area contributed by atoms with Crippen molar-refractivity contribution in [2.24, 2.45) is 0 Å². The van der Waals surface area contributed by atoms with Crippen molar-refractivity contribution in [3.05, 3.63) is 94.0 Å². The number of nitrogens with zero attached hydrogens (tertiary/aromatic N) is 1. The Labute approximate surface area is 183 Å². The fourth-order valence-corrected chi connectivity index (χ4v) is 3.05. The molecule has 0 aliphatic heterocycles. The number of amides is 1. The number of anilines is 1. The molecule has 150 valence electrons. The zero-order chi connectivity index (χ0) is 21.3. The summed E-state index contributed by atoms with van der Waals surface area (Å²) in [6, 6.07) is 24.1. The highest BCUT2D eigenvalue weighted by molar-refractivity contribution is 9.10. The standard InChI is InChI=1S/C24H19BrN2O3/c1-29-22-10-8-21(9-11-22)27-24(28)19(15-26)13-18-14-20(25)7-12-23(18)30-16-17-5-3-2-4-6-17/h2-14H,16H2,1H3,(H,27,28). The van der Waals surface area contributed by atoms with Gasteiger partial charge in [-0.2, -0.15) is 5.26 Å². The SMILES string of the molecule is COc1ccc(NC(=O)C(C#N)=Cc2cc(Br)ccc2OCc2ccccc2)cc1. The zero-order valence-corrected chi connectivity index (χ0v) is 17.8. The van der Waals surface area contributed by atoms with Crippen molar-refractivity contribution in [2.75, 3.05) is 12.4 Å². The van der Waals surface area contributed by atoms with Crippen molar-refractivity contribution in [3.8, 4) is 17.6 Å².